The van der Waals surface area contributed by atoms with E-state index in [1.54, 1.807) is 30.3 Å². The Hall–Kier alpha value is -3.56. The van der Waals surface area contributed by atoms with E-state index < -0.39 is 15.9 Å². The molecule has 3 aromatic carbocycles. The topological polar surface area (TPSA) is 123 Å². The van der Waals surface area contributed by atoms with Gasteiger partial charge in [-0.2, -0.15) is 0 Å². The second-order valence-corrected chi connectivity index (χ2v) is 10.8. The van der Waals surface area contributed by atoms with Crippen LogP contribution in [0.1, 0.15) is 49.4 Å². The molecule has 0 aliphatic heterocycles. The average Bonchev–Trinajstić information content (AvgIpc) is 2.88. The Labute approximate surface area is 229 Å². The molecule has 0 saturated carbocycles. The quantitative estimate of drug-likeness (QED) is 0.137. The van der Waals surface area contributed by atoms with Gasteiger partial charge in [-0.1, -0.05) is 62.9 Å². The lowest BCUT2D eigenvalue weighted by Crippen LogP contribution is -2.16. The van der Waals surface area contributed by atoms with Crippen molar-refractivity contribution in [1.29, 1.82) is 0 Å². The minimum absolute atomic E-state index is 0. The van der Waals surface area contributed by atoms with Gasteiger partial charge < -0.3 is 15.8 Å². The van der Waals surface area contributed by atoms with Crippen molar-refractivity contribution in [2.45, 2.75) is 39.0 Å². The molecule has 4 N–H and O–H groups in total. The monoisotopic (exact) mass is 556 g/mol. The standard InChI is InChI=1S/C28H32N4O4S.ClH/c1-3-4-5-6-9-17-37(34,35)32-19-15-16-24(25(18-19)36-2)31-26-20-11-7-8-14-23(20)30-27-21(26)12-10-13-22(27)28(29)33;/h7-8,10-16,18,32H,3-6,9,17H2,1-2H3,(H2,29,33)(H,30,31);1H. The van der Waals surface area contributed by atoms with Crippen LogP contribution in [-0.2, 0) is 10.0 Å². The molecule has 0 aliphatic carbocycles. The molecule has 0 unspecified atom stereocenters. The summed E-state index contributed by atoms with van der Waals surface area (Å²) in [6.45, 7) is 2.13. The number of carbonyl (C=O) groups excluding carboxylic acids is 1. The van der Waals surface area contributed by atoms with Crippen LogP contribution in [-0.4, -0.2) is 32.2 Å². The molecule has 1 heterocycles. The third-order valence-electron chi connectivity index (χ3n) is 6.23. The normalized spacial score (nSPS) is 11.2. The average molecular weight is 557 g/mol. The predicted octanol–water partition coefficient (Wildman–Crippen LogP) is 6.37. The fourth-order valence-corrected chi connectivity index (χ4v) is 5.54. The highest BCUT2D eigenvalue weighted by atomic mass is 35.5. The summed E-state index contributed by atoms with van der Waals surface area (Å²) in [5.41, 5.74) is 8.94. The summed E-state index contributed by atoms with van der Waals surface area (Å²) in [6, 6.07) is 18.0. The summed E-state index contributed by atoms with van der Waals surface area (Å²) in [4.78, 5) is 16.8. The Morgan fingerprint density at radius 3 is 2.45 bits per heavy atom. The van der Waals surface area contributed by atoms with Gasteiger partial charge in [0.1, 0.15) is 5.75 Å². The number of anilines is 3. The molecule has 4 aromatic rings. The number of carbonyl (C=O) groups is 1. The van der Waals surface area contributed by atoms with Crippen LogP contribution in [0.15, 0.2) is 60.7 Å². The third kappa shape index (κ3) is 6.65. The smallest absolute Gasteiger partial charge is 0.250 e. The number of hydrogen-bond acceptors (Lipinski definition) is 6. The number of rotatable bonds is 12. The van der Waals surface area contributed by atoms with E-state index >= 15 is 0 Å². The number of nitrogens with one attached hydrogen (secondary N) is 2. The van der Waals surface area contributed by atoms with Crippen molar-refractivity contribution in [3.05, 3.63) is 66.2 Å². The molecule has 1 amide bonds. The summed E-state index contributed by atoms with van der Waals surface area (Å²) in [5, 5.41) is 5.01. The molecule has 4 rings (SSSR count). The van der Waals surface area contributed by atoms with Crippen LogP contribution in [0, 0.1) is 0 Å². The van der Waals surface area contributed by atoms with Gasteiger partial charge in [0, 0.05) is 16.8 Å². The minimum Gasteiger partial charge on any atom is -0.494 e. The highest BCUT2D eigenvalue weighted by Crippen LogP contribution is 2.38. The molecular weight excluding hydrogens is 524 g/mol. The number of pyridine rings is 1. The van der Waals surface area contributed by atoms with Crippen molar-refractivity contribution in [1.82, 2.24) is 4.98 Å². The Bertz CT molecular complexity index is 1540. The van der Waals surface area contributed by atoms with Crippen molar-refractivity contribution in [2.24, 2.45) is 5.73 Å². The van der Waals surface area contributed by atoms with Gasteiger partial charge in [-0.3, -0.25) is 9.52 Å². The van der Waals surface area contributed by atoms with Crippen LogP contribution in [0.2, 0.25) is 0 Å². The number of nitrogens with zero attached hydrogens (tertiary/aromatic N) is 1. The van der Waals surface area contributed by atoms with Gasteiger partial charge in [-0.15, -0.1) is 12.4 Å². The molecule has 10 heteroatoms. The summed E-state index contributed by atoms with van der Waals surface area (Å²) in [5.74, 6) is -0.0156. The summed E-state index contributed by atoms with van der Waals surface area (Å²) < 4.78 is 33.4. The lowest BCUT2D eigenvalue weighted by molar-refractivity contribution is 0.100. The van der Waals surface area contributed by atoms with Gasteiger partial charge in [0.2, 0.25) is 10.0 Å². The number of para-hydroxylation sites is 2. The third-order valence-corrected chi connectivity index (χ3v) is 7.60. The first-order valence-electron chi connectivity index (χ1n) is 12.4. The number of fused-ring (bicyclic) bond motifs is 2. The number of aromatic nitrogens is 1. The predicted molar refractivity (Wildman–Crippen MR) is 157 cm³/mol. The Kier molecular flexibility index (Phi) is 9.77. The number of hydrogen-bond donors (Lipinski definition) is 3. The Morgan fingerprint density at radius 2 is 1.71 bits per heavy atom. The molecule has 0 bridgehead atoms. The van der Waals surface area contributed by atoms with Crippen molar-refractivity contribution in [2.75, 3.05) is 22.9 Å². The van der Waals surface area contributed by atoms with Gasteiger partial charge in [0.15, 0.2) is 0 Å². The number of nitrogens with two attached hydrogens (primary N) is 1. The number of unbranched alkanes of at least 4 members (excludes halogenated alkanes) is 4. The zero-order chi connectivity index (χ0) is 26.4. The van der Waals surface area contributed by atoms with E-state index in [-0.39, 0.29) is 18.2 Å². The van der Waals surface area contributed by atoms with E-state index in [1.807, 2.05) is 30.3 Å². The first-order valence-corrected chi connectivity index (χ1v) is 14.0. The van der Waals surface area contributed by atoms with E-state index in [2.05, 4.69) is 17.0 Å². The molecule has 0 atom stereocenters. The molecule has 38 heavy (non-hydrogen) atoms. The number of amides is 1. The van der Waals surface area contributed by atoms with Gasteiger partial charge in [-0.05, 0) is 30.7 Å². The van der Waals surface area contributed by atoms with Crippen LogP contribution in [0.5, 0.6) is 5.75 Å². The van der Waals surface area contributed by atoms with Crippen molar-refractivity contribution in [3.8, 4) is 5.75 Å². The largest absolute Gasteiger partial charge is 0.494 e. The highest BCUT2D eigenvalue weighted by Gasteiger charge is 2.17. The molecule has 0 aliphatic rings. The van der Waals surface area contributed by atoms with Crippen molar-refractivity contribution >= 4 is 67.2 Å². The number of sulfonamides is 1. The molecule has 0 fully saturated rings. The van der Waals surface area contributed by atoms with Crippen molar-refractivity contribution in [3.63, 3.8) is 0 Å². The van der Waals surface area contributed by atoms with Gasteiger partial charge in [-0.25, -0.2) is 13.4 Å². The number of primary amides is 1. The maximum atomic E-state index is 12.6. The van der Waals surface area contributed by atoms with Crippen LogP contribution >= 0.6 is 12.4 Å². The van der Waals surface area contributed by atoms with E-state index in [0.29, 0.717) is 40.1 Å². The summed E-state index contributed by atoms with van der Waals surface area (Å²) >= 11 is 0. The number of halogens is 1. The molecule has 0 saturated heterocycles. The van der Waals surface area contributed by atoms with Crippen LogP contribution in [0.25, 0.3) is 21.8 Å². The second-order valence-electron chi connectivity index (χ2n) is 8.95. The lowest BCUT2D eigenvalue weighted by Gasteiger charge is -2.17. The molecule has 202 valence electrons. The molecule has 0 radical (unpaired) electrons. The maximum Gasteiger partial charge on any atom is 0.250 e. The second kappa shape index (κ2) is 12.8. The molecule has 8 nitrogen and oxygen atoms in total. The maximum absolute atomic E-state index is 12.6. The Balaban J connectivity index is 0.00000400. The highest BCUT2D eigenvalue weighted by molar-refractivity contribution is 7.92. The molecular formula is C28H33ClN4O4S. The van der Waals surface area contributed by atoms with Gasteiger partial charge in [0.05, 0.1) is 46.5 Å². The SMILES string of the molecule is CCCCCCCS(=O)(=O)Nc1ccc(Nc2c3ccccc3nc3c(C(N)=O)cccc23)c(OC)c1.Cl. The minimum atomic E-state index is -3.47. The summed E-state index contributed by atoms with van der Waals surface area (Å²) in [7, 11) is -1.94. The zero-order valence-electron chi connectivity index (χ0n) is 21.5. The van der Waals surface area contributed by atoms with Crippen LogP contribution in [0.4, 0.5) is 17.1 Å². The van der Waals surface area contributed by atoms with Gasteiger partial charge in [0.25, 0.3) is 5.91 Å². The van der Waals surface area contributed by atoms with E-state index in [4.69, 9.17) is 15.5 Å². The lowest BCUT2D eigenvalue weighted by atomic mass is 10.0. The molecule has 1 aromatic heterocycles. The van der Waals surface area contributed by atoms with E-state index in [9.17, 15) is 13.2 Å². The van der Waals surface area contributed by atoms with E-state index in [0.717, 1.165) is 42.1 Å². The van der Waals surface area contributed by atoms with E-state index in [1.165, 1.54) is 7.11 Å². The summed E-state index contributed by atoms with van der Waals surface area (Å²) in [6.07, 6.45) is 4.79. The first kappa shape index (κ1) is 29.0. The first-order chi connectivity index (χ1) is 17.8. The van der Waals surface area contributed by atoms with Crippen LogP contribution < -0.4 is 20.5 Å². The van der Waals surface area contributed by atoms with Gasteiger partial charge >= 0.3 is 0 Å². The number of ether oxygens (including phenoxy) is 1. The molecule has 0 spiro atoms. The van der Waals surface area contributed by atoms with Crippen molar-refractivity contribution < 1.29 is 17.9 Å². The zero-order valence-corrected chi connectivity index (χ0v) is 23.1. The Morgan fingerprint density at radius 1 is 0.974 bits per heavy atom. The number of benzene rings is 3. The fourth-order valence-electron chi connectivity index (χ4n) is 4.37. The number of methoxy groups -OCH3 is 1. The fraction of sp³-hybridized carbons (Fsp3) is 0.286. The van der Waals surface area contributed by atoms with Crippen LogP contribution in [0.3, 0.4) is 0 Å².